The van der Waals surface area contributed by atoms with E-state index in [9.17, 15) is 18.0 Å². The number of carbonyl (C=O) groups excluding carboxylic acids is 1. The Hall–Kier alpha value is -1.64. The summed E-state index contributed by atoms with van der Waals surface area (Å²) in [5, 5.41) is 9.08. The molecule has 0 saturated heterocycles. The first-order chi connectivity index (χ1) is 10.7. The average Bonchev–Trinajstić information content (AvgIpc) is 2.46. The summed E-state index contributed by atoms with van der Waals surface area (Å²) in [6.45, 7) is 3.48. The molecule has 0 aliphatic rings. The average molecular weight is 364 g/mol. The largest absolute Gasteiger partial charge is 0.480 e. The lowest BCUT2D eigenvalue weighted by atomic mass is 10.2. The number of benzene rings is 1. The SMILES string of the molecule is CCCC(NS(=O)(=O)c1cc(Cl)cc(C(=O)OCC)c1)C(=O)O. The zero-order chi connectivity index (χ0) is 17.6. The van der Waals surface area contributed by atoms with Gasteiger partial charge in [-0.25, -0.2) is 13.2 Å². The number of hydrogen-bond donors (Lipinski definition) is 2. The van der Waals surface area contributed by atoms with Crippen LogP contribution in [0.3, 0.4) is 0 Å². The van der Waals surface area contributed by atoms with Crippen molar-refractivity contribution in [3.8, 4) is 0 Å². The van der Waals surface area contributed by atoms with Crippen LogP contribution in [0.2, 0.25) is 5.02 Å². The Labute approximate surface area is 139 Å². The van der Waals surface area contributed by atoms with E-state index in [0.717, 1.165) is 12.1 Å². The van der Waals surface area contributed by atoms with Crippen molar-refractivity contribution in [2.75, 3.05) is 6.61 Å². The number of sulfonamides is 1. The first kappa shape index (κ1) is 19.4. The lowest BCUT2D eigenvalue weighted by Crippen LogP contribution is -2.40. The molecular formula is C14H18ClNO6S. The van der Waals surface area contributed by atoms with Crippen molar-refractivity contribution in [1.29, 1.82) is 0 Å². The molecule has 2 N–H and O–H groups in total. The predicted octanol–water partition coefficient (Wildman–Crippen LogP) is 2.05. The fourth-order valence-electron chi connectivity index (χ4n) is 1.83. The molecule has 9 heteroatoms. The Kier molecular flexibility index (Phi) is 6.99. The van der Waals surface area contributed by atoms with Crippen LogP contribution in [0.25, 0.3) is 0 Å². The highest BCUT2D eigenvalue weighted by Gasteiger charge is 2.26. The Morgan fingerprint density at radius 1 is 1.30 bits per heavy atom. The highest BCUT2D eigenvalue weighted by atomic mass is 35.5. The molecule has 1 atom stereocenters. The van der Waals surface area contributed by atoms with Gasteiger partial charge in [-0.05, 0) is 31.5 Å². The van der Waals surface area contributed by atoms with Crippen LogP contribution in [0.1, 0.15) is 37.0 Å². The van der Waals surface area contributed by atoms with E-state index >= 15 is 0 Å². The van der Waals surface area contributed by atoms with E-state index in [1.807, 2.05) is 0 Å². The number of aliphatic carboxylic acids is 1. The summed E-state index contributed by atoms with van der Waals surface area (Å²) >= 11 is 5.84. The fourth-order valence-corrected chi connectivity index (χ4v) is 3.42. The quantitative estimate of drug-likeness (QED) is 0.684. The second kappa shape index (κ2) is 8.28. The van der Waals surface area contributed by atoms with Crippen LogP contribution in [-0.4, -0.2) is 38.1 Å². The third-order valence-electron chi connectivity index (χ3n) is 2.87. The second-order valence-corrected chi connectivity index (χ2v) is 6.85. The van der Waals surface area contributed by atoms with E-state index < -0.39 is 28.0 Å². The molecule has 0 heterocycles. The van der Waals surface area contributed by atoms with Gasteiger partial charge in [-0.3, -0.25) is 4.79 Å². The van der Waals surface area contributed by atoms with Gasteiger partial charge >= 0.3 is 11.9 Å². The van der Waals surface area contributed by atoms with E-state index in [1.54, 1.807) is 13.8 Å². The normalized spacial score (nSPS) is 12.7. The van der Waals surface area contributed by atoms with Gasteiger partial charge < -0.3 is 9.84 Å². The van der Waals surface area contributed by atoms with Gasteiger partial charge in [-0.1, -0.05) is 24.9 Å². The summed E-state index contributed by atoms with van der Waals surface area (Å²) in [5.74, 6) is -1.99. The zero-order valence-electron chi connectivity index (χ0n) is 12.7. The van der Waals surface area contributed by atoms with Crippen molar-refractivity contribution in [3.63, 3.8) is 0 Å². The minimum atomic E-state index is -4.14. The van der Waals surface area contributed by atoms with Crippen LogP contribution in [0.15, 0.2) is 23.1 Å². The summed E-state index contributed by atoms with van der Waals surface area (Å²) in [6, 6.07) is 2.25. The molecule has 0 aromatic heterocycles. The maximum absolute atomic E-state index is 12.3. The number of nitrogens with one attached hydrogen (secondary N) is 1. The lowest BCUT2D eigenvalue weighted by molar-refractivity contribution is -0.139. The molecule has 1 unspecified atom stereocenters. The summed E-state index contributed by atoms with van der Waals surface area (Å²) < 4.78 is 31.5. The van der Waals surface area contributed by atoms with Crippen LogP contribution in [-0.2, 0) is 19.6 Å². The molecule has 0 amide bonds. The Morgan fingerprint density at radius 3 is 2.48 bits per heavy atom. The highest BCUT2D eigenvalue weighted by molar-refractivity contribution is 7.89. The molecule has 23 heavy (non-hydrogen) atoms. The monoisotopic (exact) mass is 363 g/mol. The summed E-state index contributed by atoms with van der Waals surface area (Å²) in [4.78, 5) is 22.5. The number of rotatable bonds is 8. The van der Waals surface area contributed by atoms with Gasteiger partial charge in [0.25, 0.3) is 0 Å². The van der Waals surface area contributed by atoms with Crippen LogP contribution < -0.4 is 4.72 Å². The molecule has 128 valence electrons. The first-order valence-corrected chi connectivity index (χ1v) is 8.80. The topological polar surface area (TPSA) is 110 Å². The zero-order valence-corrected chi connectivity index (χ0v) is 14.3. The number of carboxylic acid groups (broad SMARTS) is 1. The van der Waals surface area contributed by atoms with E-state index in [2.05, 4.69) is 4.72 Å². The summed E-state index contributed by atoms with van der Waals surface area (Å²) in [5.41, 5.74) is -0.0258. The molecule has 0 bridgehead atoms. The Balaban J connectivity index is 3.17. The molecule has 0 radical (unpaired) electrons. The first-order valence-electron chi connectivity index (χ1n) is 6.94. The van der Waals surface area contributed by atoms with Crippen molar-refractivity contribution in [2.24, 2.45) is 0 Å². The molecule has 0 fully saturated rings. The maximum Gasteiger partial charge on any atom is 0.338 e. The van der Waals surface area contributed by atoms with Crippen molar-refractivity contribution >= 4 is 33.6 Å². The van der Waals surface area contributed by atoms with Crippen molar-refractivity contribution in [3.05, 3.63) is 28.8 Å². The minimum Gasteiger partial charge on any atom is -0.480 e. The predicted molar refractivity (Wildman–Crippen MR) is 84.1 cm³/mol. The molecule has 1 aromatic rings. The summed E-state index contributed by atoms with van der Waals surface area (Å²) in [7, 11) is -4.14. The molecular weight excluding hydrogens is 346 g/mol. The van der Waals surface area contributed by atoms with E-state index in [0.29, 0.717) is 6.42 Å². The number of carbonyl (C=O) groups is 2. The van der Waals surface area contributed by atoms with Gasteiger partial charge in [0.15, 0.2) is 0 Å². The third kappa shape index (κ3) is 5.49. The standard InChI is InChI=1S/C14H18ClNO6S/c1-3-5-12(13(17)18)16-23(20,21)11-7-9(6-10(15)8-11)14(19)22-4-2/h6-8,12,16H,3-5H2,1-2H3,(H,17,18). The number of hydrogen-bond acceptors (Lipinski definition) is 5. The highest BCUT2D eigenvalue weighted by Crippen LogP contribution is 2.20. The van der Waals surface area contributed by atoms with Crippen molar-refractivity contribution in [2.45, 2.75) is 37.6 Å². The third-order valence-corrected chi connectivity index (χ3v) is 4.53. The lowest BCUT2D eigenvalue weighted by Gasteiger charge is -2.14. The maximum atomic E-state index is 12.3. The molecule has 1 aromatic carbocycles. The molecule has 7 nitrogen and oxygen atoms in total. The van der Waals surface area contributed by atoms with Gasteiger partial charge in [0, 0.05) is 5.02 Å². The summed E-state index contributed by atoms with van der Waals surface area (Å²) in [6.07, 6.45) is 0.628. The van der Waals surface area contributed by atoms with Crippen LogP contribution >= 0.6 is 11.6 Å². The molecule has 0 aliphatic heterocycles. The van der Waals surface area contributed by atoms with Gasteiger partial charge in [0.2, 0.25) is 10.0 Å². The van der Waals surface area contributed by atoms with Gasteiger partial charge in [0.05, 0.1) is 17.1 Å². The number of esters is 1. The van der Waals surface area contributed by atoms with Crippen LogP contribution in [0.5, 0.6) is 0 Å². The number of halogens is 1. The van der Waals surface area contributed by atoms with Gasteiger partial charge in [0.1, 0.15) is 6.04 Å². The minimum absolute atomic E-state index is 0.0258. The van der Waals surface area contributed by atoms with Crippen molar-refractivity contribution in [1.82, 2.24) is 4.72 Å². The van der Waals surface area contributed by atoms with E-state index in [-0.39, 0.29) is 28.5 Å². The van der Waals surface area contributed by atoms with Gasteiger partial charge in [-0.15, -0.1) is 0 Å². The molecule has 0 saturated carbocycles. The van der Waals surface area contributed by atoms with Crippen LogP contribution in [0.4, 0.5) is 0 Å². The van der Waals surface area contributed by atoms with Gasteiger partial charge in [-0.2, -0.15) is 4.72 Å². The molecule has 1 rings (SSSR count). The fraction of sp³-hybridized carbons (Fsp3) is 0.429. The van der Waals surface area contributed by atoms with Crippen molar-refractivity contribution < 1.29 is 27.9 Å². The molecule has 0 spiro atoms. The van der Waals surface area contributed by atoms with E-state index in [4.69, 9.17) is 21.4 Å². The van der Waals surface area contributed by atoms with Crippen LogP contribution in [0, 0.1) is 0 Å². The Morgan fingerprint density at radius 2 is 1.96 bits per heavy atom. The number of carboxylic acids is 1. The Bertz CT molecular complexity index is 689. The molecule has 0 aliphatic carbocycles. The van der Waals surface area contributed by atoms with E-state index in [1.165, 1.54) is 6.07 Å². The number of ether oxygens (including phenoxy) is 1. The second-order valence-electron chi connectivity index (χ2n) is 4.70. The smallest absolute Gasteiger partial charge is 0.338 e.